The molecule has 1 atom stereocenters. The number of benzene rings is 2. The van der Waals surface area contributed by atoms with Gasteiger partial charge < -0.3 is 4.90 Å². The Balaban J connectivity index is 1.78. The summed E-state index contributed by atoms with van der Waals surface area (Å²) in [6.45, 7) is 2.24. The van der Waals surface area contributed by atoms with Crippen LogP contribution in [0.25, 0.3) is 10.2 Å². The third kappa shape index (κ3) is 4.36. The van der Waals surface area contributed by atoms with Crippen molar-refractivity contribution >= 4 is 56.5 Å². The maximum Gasteiger partial charge on any atom is 0.240 e. The van der Waals surface area contributed by atoms with E-state index in [9.17, 15) is 4.79 Å². The van der Waals surface area contributed by atoms with Gasteiger partial charge in [0.1, 0.15) is 0 Å². The van der Waals surface area contributed by atoms with Crippen LogP contribution in [0, 0.1) is 11.3 Å². The molecule has 0 aliphatic heterocycles. The molecule has 0 spiro atoms. The lowest BCUT2D eigenvalue weighted by atomic mass is 10.2. The highest BCUT2D eigenvalue weighted by Crippen LogP contribution is 2.34. The number of carbonyl (C=O) groups is 1. The van der Waals surface area contributed by atoms with E-state index in [2.05, 4.69) is 11.1 Å². The van der Waals surface area contributed by atoms with Gasteiger partial charge in [-0.3, -0.25) is 4.79 Å². The Morgan fingerprint density at radius 3 is 2.85 bits per heavy atom. The highest BCUT2D eigenvalue weighted by atomic mass is 35.5. The molecule has 132 valence electrons. The molecule has 0 saturated carbocycles. The van der Waals surface area contributed by atoms with Crippen LogP contribution in [0.1, 0.15) is 13.3 Å². The van der Waals surface area contributed by atoms with Gasteiger partial charge in [-0.1, -0.05) is 41.6 Å². The quantitative estimate of drug-likeness (QED) is 0.520. The van der Waals surface area contributed by atoms with Gasteiger partial charge in [0.25, 0.3) is 0 Å². The Morgan fingerprint density at radius 1 is 1.35 bits per heavy atom. The molecule has 3 aromatic rings. The Morgan fingerprint density at radius 2 is 2.12 bits per heavy atom. The molecular formula is C19H16ClN3OS2. The number of hydrogen-bond acceptors (Lipinski definition) is 5. The van der Waals surface area contributed by atoms with Crippen LogP contribution >= 0.6 is 34.7 Å². The molecule has 0 saturated heterocycles. The second kappa shape index (κ2) is 8.54. The molecule has 1 amide bonds. The largest absolute Gasteiger partial charge is 0.310 e. The van der Waals surface area contributed by atoms with Gasteiger partial charge in [0, 0.05) is 17.3 Å². The van der Waals surface area contributed by atoms with Crippen LogP contribution in [0.3, 0.4) is 0 Å². The lowest BCUT2D eigenvalue weighted by molar-refractivity contribution is -0.117. The van der Waals surface area contributed by atoms with Crippen molar-refractivity contribution < 1.29 is 4.79 Å². The fourth-order valence-electron chi connectivity index (χ4n) is 2.49. The standard InChI is InChI=1S/C19H16ClN3OS2/c1-13(25-19-22-16-12-14(20)8-9-17(16)26-19)18(24)23(11-5-10-21)15-6-3-2-4-7-15/h2-4,6-9,12-13H,5,11H2,1H3. The summed E-state index contributed by atoms with van der Waals surface area (Å²) in [5.41, 5.74) is 1.64. The molecule has 3 rings (SSSR count). The molecule has 0 fully saturated rings. The Hall–Kier alpha value is -2.07. The molecule has 1 unspecified atom stereocenters. The maximum atomic E-state index is 13.0. The van der Waals surface area contributed by atoms with Crippen molar-refractivity contribution in [1.82, 2.24) is 4.98 Å². The van der Waals surface area contributed by atoms with Gasteiger partial charge in [0.2, 0.25) is 5.91 Å². The average Bonchev–Trinajstić information content (AvgIpc) is 3.04. The van der Waals surface area contributed by atoms with Gasteiger partial charge in [-0.15, -0.1) is 11.3 Å². The third-order valence-electron chi connectivity index (χ3n) is 3.74. The highest BCUT2D eigenvalue weighted by Gasteiger charge is 2.23. The van der Waals surface area contributed by atoms with E-state index in [1.54, 1.807) is 16.2 Å². The van der Waals surface area contributed by atoms with E-state index >= 15 is 0 Å². The van der Waals surface area contributed by atoms with Crippen molar-refractivity contribution in [3.63, 3.8) is 0 Å². The first kappa shape index (κ1) is 18.7. The number of nitriles is 1. The topological polar surface area (TPSA) is 57.0 Å². The number of fused-ring (bicyclic) bond motifs is 1. The molecule has 0 bridgehead atoms. The number of aromatic nitrogens is 1. The normalized spacial score (nSPS) is 11.9. The molecule has 1 heterocycles. The number of nitrogens with zero attached hydrogens (tertiary/aromatic N) is 3. The number of rotatable bonds is 6. The van der Waals surface area contributed by atoms with E-state index < -0.39 is 0 Å². The number of amides is 1. The Labute approximate surface area is 165 Å². The van der Waals surface area contributed by atoms with Gasteiger partial charge in [-0.2, -0.15) is 5.26 Å². The van der Waals surface area contributed by atoms with E-state index in [1.807, 2.05) is 55.5 Å². The predicted octanol–water partition coefficient (Wildman–Crippen LogP) is 5.38. The predicted molar refractivity (Wildman–Crippen MR) is 109 cm³/mol. The number of thioether (sulfide) groups is 1. The molecule has 0 aliphatic carbocycles. The second-order valence-corrected chi connectivity index (χ2v) is 8.64. The number of thiazole rings is 1. The van der Waals surface area contributed by atoms with Gasteiger partial charge in [0.15, 0.2) is 4.34 Å². The van der Waals surface area contributed by atoms with Gasteiger partial charge >= 0.3 is 0 Å². The number of para-hydroxylation sites is 1. The minimum absolute atomic E-state index is 0.0336. The second-order valence-electron chi connectivity index (χ2n) is 5.59. The van der Waals surface area contributed by atoms with Crippen LogP contribution in [0.15, 0.2) is 52.9 Å². The van der Waals surface area contributed by atoms with Crippen molar-refractivity contribution in [3.8, 4) is 6.07 Å². The van der Waals surface area contributed by atoms with Crippen LogP contribution in [0.4, 0.5) is 5.69 Å². The molecule has 0 aliphatic rings. The van der Waals surface area contributed by atoms with Gasteiger partial charge in [-0.05, 0) is 37.3 Å². The molecule has 0 radical (unpaired) electrons. The van der Waals surface area contributed by atoms with E-state index in [0.717, 1.165) is 20.2 Å². The van der Waals surface area contributed by atoms with Crippen LogP contribution < -0.4 is 4.90 Å². The van der Waals surface area contributed by atoms with Crippen LogP contribution in [-0.2, 0) is 4.79 Å². The van der Waals surface area contributed by atoms with Crippen molar-refractivity contribution in [2.75, 3.05) is 11.4 Å². The van der Waals surface area contributed by atoms with Gasteiger partial charge in [-0.25, -0.2) is 4.98 Å². The van der Waals surface area contributed by atoms with Crippen molar-refractivity contribution in [2.45, 2.75) is 22.9 Å². The lowest BCUT2D eigenvalue weighted by Crippen LogP contribution is -2.37. The molecule has 26 heavy (non-hydrogen) atoms. The smallest absolute Gasteiger partial charge is 0.240 e. The zero-order valence-corrected chi connectivity index (χ0v) is 16.4. The fraction of sp³-hybridized carbons (Fsp3) is 0.211. The first-order chi connectivity index (χ1) is 12.6. The Kier molecular flexibility index (Phi) is 6.15. The van der Waals surface area contributed by atoms with Crippen molar-refractivity contribution in [1.29, 1.82) is 5.26 Å². The summed E-state index contributed by atoms with van der Waals surface area (Å²) in [5.74, 6) is -0.0336. The van der Waals surface area contributed by atoms with Crippen LogP contribution in [0.5, 0.6) is 0 Å². The summed E-state index contributed by atoms with van der Waals surface area (Å²) >= 11 is 8.99. The van der Waals surface area contributed by atoms with E-state index in [4.69, 9.17) is 16.9 Å². The van der Waals surface area contributed by atoms with Gasteiger partial charge in [0.05, 0.1) is 28.0 Å². The van der Waals surface area contributed by atoms with Crippen molar-refractivity contribution in [3.05, 3.63) is 53.6 Å². The van der Waals surface area contributed by atoms with Crippen LogP contribution in [0.2, 0.25) is 5.02 Å². The maximum absolute atomic E-state index is 13.0. The molecule has 0 N–H and O–H groups in total. The Bertz CT molecular complexity index is 952. The highest BCUT2D eigenvalue weighted by molar-refractivity contribution is 8.02. The number of hydrogen-bond donors (Lipinski definition) is 0. The summed E-state index contributed by atoms with van der Waals surface area (Å²) < 4.78 is 1.87. The zero-order chi connectivity index (χ0) is 18.5. The number of anilines is 1. The van der Waals surface area contributed by atoms with Crippen molar-refractivity contribution in [2.24, 2.45) is 0 Å². The SMILES string of the molecule is CC(Sc1nc2cc(Cl)ccc2s1)C(=O)N(CCC#N)c1ccccc1. The molecule has 1 aromatic heterocycles. The molecule has 7 heteroatoms. The summed E-state index contributed by atoms with van der Waals surface area (Å²) in [4.78, 5) is 19.2. The summed E-state index contributed by atoms with van der Waals surface area (Å²) in [6.07, 6.45) is 0.289. The van der Waals surface area contributed by atoms with E-state index in [-0.39, 0.29) is 17.6 Å². The summed E-state index contributed by atoms with van der Waals surface area (Å²) in [7, 11) is 0. The van der Waals surface area contributed by atoms with E-state index in [1.165, 1.54) is 11.8 Å². The van der Waals surface area contributed by atoms with Crippen LogP contribution in [-0.4, -0.2) is 22.7 Å². The average molecular weight is 402 g/mol. The minimum atomic E-state index is -0.315. The summed E-state index contributed by atoms with van der Waals surface area (Å²) in [6, 6.07) is 17.2. The molecule has 4 nitrogen and oxygen atoms in total. The molecular weight excluding hydrogens is 386 g/mol. The summed E-state index contributed by atoms with van der Waals surface area (Å²) in [5, 5.41) is 9.24. The lowest BCUT2D eigenvalue weighted by Gasteiger charge is -2.24. The monoisotopic (exact) mass is 401 g/mol. The zero-order valence-electron chi connectivity index (χ0n) is 14.1. The third-order valence-corrected chi connectivity index (χ3v) is 6.19. The van der Waals surface area contributed by atoms with E-state index in [0.29, 0.717) is 11.6 Å². The first-order valence-corrected chi connectivity index (χ1v) is 10.1. The minimum Gasteiger partial charge on any atom is -0.310 e. The fourth-order valence-corrected chi connectivity index (χ4v) is 4.91. The first-order valence-electron chi connectivity index (χ1n) is 8.04. The number of halogens is 1. The number of carbonyl (C=O) groups excluding carboxylic acids is 1. The molecule has 2 aromatic carbocycles.